The van der Waals surface area contributed by atoms with Crippen molar-refractivity contribution in [1.82, 2.24) is 0 Å². The summed E-state index contributed by atoms with van der Waals surface area (Å²) in [7, 11) is 0. The molecule has 0 amide bonds. The summed E-state index contributed by atoms with van der Waals surface area (Å²) in [6.07, 6.45) is 3.98. The van der Waals surface area contributed by atoms with Crippen molar-refractivity contribution in [3.05, 3.63) is 0 Å². The molecule has 0 unspecified atom stereocenters. The maximum absolute atomic E-state index is 5.55. The molecule has 0 aromatic rings. The van der Waals surface area contributed by atoms with Gasteiger partial charge in [-0.15, -0.1) is 0 Å². The van der Waals surface area contributed by atoms with E-state index < -0.39 is 0 Å². The van der Waals surface area contributed by atoms with Crippen LogP contribution in [-0.4, -0.2) is 9.78 Å². The highest BCUT2D eigenvalue weighted by Crippen LogP contribution is 2.71. The molecule has 2 aliphatic rings. The molecule has 2 fully saturated rings. The van der Waals surface area contributed by atoms with E-state index >= 15 is 0 Å². The Morgan fingerprint density at radius 2 is 2.09 bits per heavy atom. The molecule has 3 heteroatoms. The van der Waals surface area contributed by atoms with Gasteiger partial charge in [0.15, 0.2) is 0 Å². The van der Waals surface area contributed by atoms with Crippen LogP contribution in [-0.2, 0) is 0 Å². The molecular formula is C8H13Br2N. The summed E-state index contributed by atoms with van der Waals surface area (Å²) in [5, 5.41) is 0. The van der Waals surface area contributed by atoms with Gasteiger partial charge in [-0.05, 0) is 43.6 Å². The van der Waals surface area contributed by atoms with Gasteiger partial charge < -0.3 is 5.73 Å². The molecule has 2 rings (SSSR count). The first-order valence-electron chi connectivity index (χ1n) is 4.25. The lowest BCUT2D eigenvalue weighted by atomic mass is 10.00. The minimum absolute atomic E-state index is 0.304. The van der Waals surface area contributed by atoms with Gasteiger partial charge in [-0.1, -0.05) is 31.9 Å². The average Bonchev–Trinajstić information content (AvgIpc) is 2.37. The van der Waals surface area contributed by atoms with Crippen molar-refractivity contribution < 1.29 is 0 Å². The Kier molecular flexibility index (Phi) is 2.10. The highest BCUT2D eigenvalue weighted by molar-refractivity contribution is 9.25. The molecule has 64 valence electrons. The highest BCUT2D eigenvalue weighted by atomic mass is 79.9. The number of nitrogens with two attached hydrogens (primary N) is 1. The molecule has 0 bridgehead atoms. The fourth-order valence-electron chi connectivity index (χ4n) is 2.54. The molecule has 0 aromatic heterocycles. The first-order chi connectivity index (χ1) is 5.18. The van der Waals surface area contributed by atoms with E-state index in [0.717, 1.165) is 24.3 Å². The van der Waals surface area contributed by atoms with Crippen LogP contribution in [0, 0.1) is 17.8 Å². The smallest absolute Gasteiger partial charge is 0.0871 e. The third-order valence-corrected chi connectivity index (χ3v) is 5.39. The summed E-state index contributed by atoms with van der Waals surface area (Å²) < 4.78 is 0.304. The molecule has 11 heavy (non-hydrogen) atoms. The number of rotatable bonds is 2. The fourth-order valence-corrected chi connectivity index (χ4v) is 4.69. The zero-order valence-corrected chi connectivity index (χ0v) is 9.57. The Morgan fingerprint density at radius 1 is 1.36 bits per heavy atom. The van der Waals surface area contributed by atoms with E-state index in [4.69, 9.17) is 5.73 Å². The summed E-state index contributed by atoms with van der Waals surface area (Å²) >= 11 is 7.43. The van der Waals surface area contributed by atoms with Crippen LogP contribution < -0.4 is 5.73 Å². The van der Waals surface area contributed by atoms with Gasteiger partial charge in [0.1, 0.15) is 0 Å². The first kappa shape index (κ1) is 8.52. The second-order valence-corrected chi connectivity index (χ2v) is 7.41. The van der Waals surface area contributed by atoms with Crippen molar-refractivity contribution in [2.45, 2.75) is 22.5 Å². The number of hydrogen-bond donors (Lipinski definition) is 1. The number of alkyl halides is 2. The van der Waals surface area contributed by atoms with E-state index in [1.165, 1.54) is 19.3 Å². The third-order valence-electron chi connectivity index (χ3n) is 3.16. The molecule has 3 atom stereocenters. The quantitative estimate of drug-likeness (QED) is 0.774. The molecule has 2 saturated carbocycles. The van der Waals surface area contributed by atoms with E-state index in [1.807, 2.05) is 0 Å². The topological polar surface area (TPSA) is 26.0 Å². The predicted octanol–water partition coefficient (Wildman–Crippen LogP) is 2.48. The summed E-state index contributed by atoms with van der Waals surface area (Å²) in [5.74, 6) is 2.63. The molecule has 1 nitrogen and oxygen atoms in total. The van der Waals surface area contributed by atoms with E-state index in [2.05, 4.69) is 31.9 Å². The Bertz CT molecular complexity index is 169. The Morgan fingerprint density at radius 3 is 2.55 bits per heavy atom. The van der Waals surface area contributed by atoms with Gasteiger partial charge in [-0.3, -0.25) is 0 Å². The van der Waals surface area contributed by atoms with Gasteiger partial charge in [-0.2, -0.15) is 0 Å². The lowest BCUT2D eigenvalue weighted by Gasteiger charge is -2.13. The van der Waals surface area contributed by atoms with Crippen LogP contribution in [0.2, 0.25) is 0 Å². The van der Waals surface area contributed by atoms with E-state index in [1.54, 1.807) is 0 Å². The maximum Gasteiger partial charge on any atom is 0.0871 e. The highest BCUT2D eigenvalue weighted by Gasteiger charge is 2.66. The van der Waals surface area contributed by atoms with Crippen LogP contribution in [0.4, 0.5) is 0 Å². The molecule has 2 aliphatic carbocycles. The van der Waals surface area contributed by atoms with Gasteiger partial charge in [-0.25, -0.2) is 0 Å². The van der Waals surface area contributed by atoms with Crippen molar-refractivity contribution in [3.63, 3.8) is 0 Å². The largest absolute Gasteiger partial charge is 0.330 e. The summed E-state index contributed by atoms with van der Waals surface area (Å²) in [6, 6.07) is 0. The SMILES string of the molecule is NCC[C@@H]1CC[C@H]2[C@@H]1C2(Br)Br. The Balaban J connectivity index is 1.97. The predicted molar refractivity (Wildman–Crippen MR) is 54.0 cm³/mol. The van der Waals surface area contributed by atoms with Crippen molar-refractivity contribution in [3.8, 4) is 0 Å². The molecule has 0 aromatic carbocycles. The monoisotopic (exact) mass is 281 g/mol. The normalized spacial score (nSPS) is 45.5. The second-order valence-electron chi connectivity index (χ2n) is 3.72. The average molecular weight is 283 g/mol. The van der Waals surface area contributed by atoms with Gasteiger partial charge in [0.05, 0.1) is 3.23 Å². The summed E-state index contributed by atoms with van der Waals surface area (Å²) in [4.78, 5) is 0. The van der Waals surface area contributed by atoms with Crippen LogP contribution in [0.15, 0.2) is 0 Å². The minimum atomic E-state index is 0.304. The van der Waals surface area contributed by atoms with Crippen LogP contribution >= 0.6 is 31.9 Å². The lowest BCUT2D eigenvalue weighted by molar-refractivity contribution is 0.451. The molecule has 2 N–H and O–H groups in total. The number of fused-ring (bicyclic) bond motifs is 1. The molecular weight excluding hydrogens is 270 g/mol. The minimum Gasteiger partial charge on any atom is -0.330 e. The van der Waals surface area contributed by atoms with Gasteiger partial charge in [0.2, 0.25) is 0 Å². The van der Waals surface area contributed by atoms with Gasteiger partial charge in [0.25, 0.3) is 0 Å². The molecule has 0 heterocycles. The van der Waals surface area contributed by atoms with Crippen LogP contribution in [0.5, 0.6) is 0 Å². The molecule has 0 radical (unpaired) electrons. The van der Waals surface area contributed by atoms with Crippen LogP contribution in [0.1, 0.15) is 19.3 Å². The van der Waals surface area contributed by atoms with Gasteiger partial charge in [0, 0.05) is 0 Å². The Labute approximate surface area is 84.4 Å². The molecule has 0 aliphatic heterocycles. The number of hydrogen-bond acceptors (Lipinski definition) is 1. The van der Waals surface area contributed by atoms with Crippen molar-refractivity contribution >= 4 is 31.9 Å². The van der Waals surface area contributed by atoms with Crippen LogP contribution in [0.25, 0.3) is 0 Å². The van der Waals surface area contributed by atoms with Crippen molar-refractivity contribution in [1.29, 1.82) is 0 Å². The van der Waals surface area contributed by atoms with Crippen molar-refractivity contribution in [2.75, 3.05) is 6.54 Å². The summed E-state index contributed by atoms with van der Waals surface area (Å²) in [6.45, 7) is 0.851. The second kappa shape index (κ2) is 2.71. The fraction of sp³-hybridized carbons (Fsp3) is 1.00. The zero-order valence-electron chi connectivity index (χ0n) is 6.39. The van der Waals surface area contributed by atoms with E-state index in [0.29, 0.717) is 3.23 Å². The van der Waals surface area contributed by atoms with Crippen LogP contribution in [0.3, 0.4) is 0 Å². The van der Waals surface area contributed by atoms with E-state index in [-0.39, 0.29) is 0 Å². The number of halogens is 2. The van der Waals surface area contributed by atoms with Crippen molar-refractivity contribution in [2.24, 2.45) is 23.5 Å². The summed E-state index contributed by atoms with van der Waals surface area (Å²) in [5.41, 5.74) is 5.55. The molecule has 0 spiro atoms. The standard InChI is InChI=1S/C8H13Br2N/c9-8(10)6-2-1-5(3-4-11)7(6)8/h5-7H,1-4,11H2/t5-,6-,7+/m0/s1. The lowest BCUT2D eigenvalue weighted by Crippen LogP contribution is -2.12. The van der Waals surface area contributed by atoms with Gasteiger partial charge >= 0.3 is 0 Å². The zero-order chi connectivity index (χ0) is 8.06. The Hall–Kier alpha value is 0.920. The molecule has 0 saturated heterocycles. The maximum atomic E-state index is 5.55. The van der Waals surface area contributed by atoms with E-state index in [9.17, 15) is 0 Å². The third kappa shape index (κ3) is 1.20. The first-order valence-corrected chi connectivity index (χ1v) is 5.84.